The minimum Gasteiger partial charge on any atom is -0.310 e. The maximum Gasteiger partial charge on any atom is 0.0841 e. The van der Waals surface area contributed by atoms with Crippen molar-refractivity contribution in [2.24, 2.45) is 0 Å². The number of aryl methyl sites for hydroxylation is 1. The van der Waals surface area contributed by atoms with Crippen molar-refractivity contribution in [3.8, 4) is 12.3 Å². The zero-order valence-electron chi connectivity index (χ0n) is 11.2. The van der Waals surface area contributed by atoms with Crippen LogP contribution in [0.15, 0.2) is 24.3 Å². The summed E-state index contributed by atoms with van der Waals surface area (Å²) in [5, 5.41) is 9.33. The standard InChI is InChI=1S/C15H19N3S/c1-3-10-19-11-9-16-12-14-13-7-5-6-8-15(13)18(4-2)17-14/h1,5-8,16H,4,9-12H2,2H3. The lowest BCUT2D eigenvalue weighted by molar-refractivity contribution is 0.643. The second-order valence-electron chi connectivity index (χ2n) is 4.21. The molecule has 0 saturated carbocycles. The van der Waals surface area contributed by atoms with Crippen molar-refractivity contribution in [1.82, 2.24) is 15.1 Å². The number of hydrogen-bond acceptors (Lipinski definition) is 3. The average Bonchev–Trinajstić information content (AvgIpc) is 2.81. The first-order valence-corrected chi connectivity index (χ1v) is 7.68. The van der Waals surface area contributed by atoms with E-state index in [1.807, 2.05) is 0 Å². The molecule has 0 unspecified atom stereocenters. The molecule has 3 nitrogen and oxygen atoms in total. The van der Waals surface area contributed by atoms with E-state index in [1.54, 1.807) is 11.8 Å². The Morgan fingerprint density at radius 2 is 2.26 bits per heavy atom. The molecule has 1 aromatic heterocycles. The predicted octanol–water partition coefficient (Wildman–Crippen LogP) is 2.51. The molecular weight excluding hydrogens is 254 g/mol. The van der Waals surface area contributed by atoms with Gasteiger partial charge < -0.3 is 5.32 Å². The molecule has 0 fully saturated rings. The third-order valence-electron chi connectivity index (χ3n) is 2.94. The number of para-hydroxylation sites is 1. The summed E-state index contributed by atoms with van der Waals surface area (Å²) < 4.78 is 2.05. The summed E-state index contributed by atoms with van der Waals surface area (Å²) in [6.07, 6.45) is 5.21. The van der Waals surface area contributed by atoms with E-state index in [1.165, 1.54) is 10.9 Å². The molecule has 0 aliphatic rings. The van der Waals surface area contributed by atoms with E-state index in [2.05, 4.69) is 52.2 Å². The maximum absolute atomic E-state index is 5.21. The monoisotopic (exact) mass is 273 g/mol. The van der Waals surface area contributed by atoms with Crippen molar-refractivity contribution in [1.29, 1.82) is 0 Å². The van der Waals surface area contributed by atoms with E-state index < -0.39 is 0 Å². The number of terminal acetylenes is 1. The predicted molar refractivity (Wildman–Crippen MR) is 83.3 cm³/mol. The van der Waals surface area contributed by atoms with Gasteiger partial charge in [-0.2, -0.15) is 5.10 Å². The van der Waals surface area contributed by atoms with Crippen LogP contribution < -0.4 is 5.32 Å². The second-order valence-corrected chi connectivity index (χ2v) is 5.32. The smallest absolute Gasteiger partial charge is 0.0841 e. The summed E-state index contributed by atoms with van der Waals surface area (Å²) in [7, 11) is 0. The summed E-state index contributed by atoms with van der Waals surface area (Å²) in [5.41, 5.74) is 2.34. The maximum atomic E-state index is 5.21. The first-order valence-electron chi connectivity index (χ1n) is 6.53. The Labute approximate surface area is 118 Å². The van der Waals surface area contributed by atoms with Gasteiger partial charge in [-0.25, -0.2) is 0 Å². The van der Waals surface area contributed by atoms with Crippen LogP contribution in [0.25, 0.3) is 10.9 Å². The minimum absolute atomic E-state index is 0.787. The van der Waals surface area contributed by atoms with Crippen LogP contribution >= 0.6 is 11.8 Å². The summed E-state index contributed by atoms with van der Waals surface area (Å²) in [6, 6.07) is 8.39. The van der Waals surface area contributed by atoms with Crippen molar-refractivity contribution in [2.45, 2.75) is 20.0 Å². The lowest BCUT2D eigenvalue weighted by Gasteiger charge is -2.01. The molecule has 0 aliphatic heterocycles. The zero-order chi connectivity index (χ0) is 13.5. The third kappa shape index (κ3) is 3.52. The van der Waals surface area contributed by atoms with Gasteiger partial charge in [-0.1, -0.05) is 24.1 Å². The zero-order valence-corrected chi connectivity index (χ0v) is 12.0. The van der Waals surface area contributed by atoms with Crippen molar-refractivity contribution < 1.29 is 0 Å². The van der Waals surface area contributed by atoms with E-state index in [0.717, 1.165) is 36.8 Å². The number of rotatable bonds is 7. The molecule has 0 amide bonds. The fourth-order valence-electron chi connectivity index (χ4n) is 2.05. The molecular formula is C15H19N3S. The van der Waals surface area contributed by atoms with Crippen LogP contribution in [-0.2, 0) is 13.1 Å². The third-order valence-corrected chi connectivity index (χ3v) is 3.80. The van der Waals surface area contributed by atoms with Crippen LogP contribution in [0.3, 0.4) is 0 Å². The van der Waals surface area contributed by atoms with E-state index in [9.17, 15) is 0 Å². The molecule has 0 spiro atoms. The molecule has 0 saturated heterocycles. The van der Waals surface area contributed by atoms with Gasteiger partial charge in [-0.15, -0.1) is 18.2 Å². The Balaban J connectivity index is 1.95. The molecule has 1 N–H and O–H groups in total. The molecule has 100 valence electrons. The number of hydrogen-bond donors (Lipinski definition) is 1. The number of nitrogens with zero attached hydrogens (tertiary/aromatic N) is 2. The van der Waals surface area contributed by atoms with Gasteiger partial charge in [-0.3, -0.25) is 4.68 Å². The number of fused-ring (bicyclic) bond motifs is 1. The largest absolute Gasteiger partial charge is 0.310 e. The summed E-state index contributed by atoms with van der Waals surface area (Å²) in [6.45, 7) is 4.79. The molecule has 1 aromatic carbocycles. The summed E-state index contributed by atoms with van der Waals surface area (Å²) >= 11 is 1.78. The Morgan fingerprint density at radius 1 is 1.42 bits per heavy atom. The SMILES string of the molecule is C#CCSCCNCc1nn(CC)c2ccccc12. The van der Waals surface area contributed by atoms with E-state index in [-0.39, 0.29) is 0 Å². The highest BCUT2D eigenvalue weighted by Crippen LogP contribution is 2.18. The molecule has 0 bridgehead atoms. The van der Waals surface area contributed by atoms with Crippen molar-refractivity contribution in [3.63, 3.8) is 0 Å². The van der Waals surface area contributed by atoms with Crippen LogP contribution in [-0.4, -0.2) is 27.8 Å². The molecule has 2 aromatic rings. The van der Waals surface area contributed by atoms with Crippen LogP contribution in [0.1, 0.15) is 12.6 Å². The Bertz CT molecular complexity index is 568. The van der Waals surface area contributed by atoms with E-state index in [4.69, 9.17) is 6.42 Å². The van der Waals surface area contributed by atoms with Gasteiger partial charge in [0.25, 0.3) is 0 Å². The molecule has 2 rings (SSSR count). The Kier molecular flexibility index (Phi) is 5.31. The van der Waals surface area contributed by atoms with Crippen LogP contribution in [0, 0.1) is 12.3 Å². The van der Waals surface area contributed by atoms with Gasteiger partial charge >= 0.3 is 0 Å². The lowest BCUT2D eigenvalue weighted by atomic mass is 10.2. The molecule has 1 heterocycles. The van der Waals surface area contributed by atoms with E-state index in [0.29, 0.717) is 0 Å². The quantitative estimate of drug-likeness (QED) is 0.621. The van der Waals surface area contributed by atoms with Gasteiger partial charge in [0.1, 0.15) is 0 Å². The van der Waals surface area contributed by atoms with Gasteiger partial charge in [0.15, 0.2) is 0 Å². The highest BCUT2D eigenvalue weighted by molar-refractivity contribution is 7.99. The number of benzene rings is 1. The van der Waals surface area contributed by atoms with Crippen molar-refractivity contribution in [3.05, 3.63) is 30.0 Å². The fraction of sp³-hybridized carbons (Fsp3) is 0.400. The molecule has 19 heavy (non-hydrogen) atoms. The first kappa shape index (κ1) is 14.0. The average molecular weight is 273 g/mol. The Hall–Kier alpha value is -1.44. The highest BCUT2D eigenvalue weighted by Gasteiger charge is 2.07. The topological polar surface area (TPSA) is 29.9 Å². The minimum atomic E-state index is 0.787. The highest BCUT2D eigenvalue weighted by atomic mass is 32.2. The summed E-state index contributed by atoms with van der Waals surface area (Å²) in [5.74, 6) is 4.46. The molecule has 0 radical (unpaired) electrons. The van der Waals surface area contributed by atoms with Gasteiger partial charge in [0.2, 0.25) is 0 Å². The van der Waals surface area contributed by atoms with Crippen LogP contribution in [0.5, 0.6) is 0 Å². The van der Waals surface area contributed by atoms with Gasteiger partial charge in [-0.05, 0) is 13.0 Å². The number of aromatic nitrogens is 2. The van der Waals surface area contributed by atoms with E-state index >= 15 is 0 Å². The van der Waals surface area contributed by atoms with Gasteiger partial charge in [0, 0.05) is 30.8 Å². The number of nitrogens with one attached hydrogen (secondary N) is 1. The van der Waals surface area contributed by atoms with Crippen LogP contribution in [0.2, 0.25) is 0 Å². The van der Waals surface area contributed by atoms with Crippen molar-refractivity contribution in [2.75, 3.05) is 18.1 Å². The van der Waals surface area contributed by atoms with Crippen LogP contribution in [0.4, 0.5) is 0 Å². The molecule has 0 atom stereocenters. The molecule has 4 heteroatoms. The normalized spacial score (nSPS) is 10.7. The first-order chi connectivity index (χ1) is 9.36. The number of thioether (sulfide) groups is 1. The molecule has 0 aliphatic carbocycles. The second kappa shape index (κ2) is 7.22. The van der Waals surface area contributed by atoms with Crippen molar-refractivity contribution >= 4 is 22.7 Å². The Morgan fingerprint density at radius 3 is 3.05 bits per heavy atom. The fourth-order valence-corrected chi connectivity index (χ4v) is 2.60. The summed E-state index contributed by atoms with van der Waals surface area (Å²) in [4.78, 5) is 0. The lowest BCUT2D eigenvalue weighted by Crippen LogP contribution is -2.17. The van der Waals surface area contributed by atoms with Gasteiger partial charge in [0.05, 0.1) is 17.0 Å².